The molecule has 222 valence electrons. The van der Waals surface area contributed by atoms with Crippen molar-refractivity contribution in [2.75, 3.05) is 0 Å². The minimum atomic E-state index is -1.50. The number of ether oxygens (including phenoxy) is 1. The molecule has 0 aromatic rings. The van der Waals surface area contributed by atoms with Crippen molar-refractivity contribution < 1.29 is 43.4 Å². The molecule has 0 aromatic heterocycles. The number of hydrogen-bond acceptors (Lipinski definition) is 8. The van der Waals surface area contributed by atoms with Crippen LogP contribution in [-0.2, 0) is 38.3 Å². The average Bonchev–Trinajstić information content (AvgIpc) is 3.07. The van der Waals surface area contributed by atoms with Crippen molar-refractivity contribution in [1.82, 2.24) is 0 Å². The summed E-state index contributed by atoms with van der Waals surface area (Å²) in [4.78, 5) is 92.1. The summed E-state index contributed by atoms with van der Waals surface area (Å²) < 4.78 is 5.75. The van der Waals surface area contributed by atoms with Crippen LogP contribution in [0.15, 0.2) is 22.8 Å². The van der Waals surface area contributed by atoms with Crippen LogP contribution in [0.2, 0.25) is 0 Å². The lowest BCUT2D eigenvalue weighted by Gasteiger charge is -2.59. The predicted octanol–water partition coefficient (Wildman–Crippen LogP) is 4.01. The van der Waals surface area contributed by atoms with Gasteiger partial charge in [0.05, 0.1) is 11.3 Å². The Kier molecular flexibility index (Phi) is 7.24. The molecule has 0 bridgehead atoms. The molecule has 4 aliphatic carbocycles. The van der Waals surface area contributed by atoms with Gasteiger partial charge in [-0.25, -0.2) is 0 Å². The van der Waals surface area contributed by atoms with Crippen molar-refractivity contribution in [3.8, 4) is 0 Å². The molecule has 9 heteroatoms. The van der Waals surface area contributed by atoms with Crippen molar-refractivity contribution in [2.24, 2.45) is 39.4 Å². The molecule has 2 fully saturated rings. The molecule has 0 saturated heterocycles. The van der Waals surface area contributed by atoms with Crippen molar-refractivity contribution >= 4 is 40.9 Å². The van der Waals surface area contributed by atoms with Crippen LogP contribution in [-0.4, -0.2) is 52.1 Å². The molecule has 0 heterocycles. The number of carbonyl (C=O) groups excluding carboxylic acids is 6. The number of ketones is 5. The van der Waals surface area contributed by atoms with E-state index in [0.29, 0.717) is 12.0 Å². The summed E-state index contributed by atoms with van der Waals surface area (Å²) in [6.07, 6.45) is 0.156. The van der Waals surface area contributed by atoms with Crippen LogP contribution in [0, 0.1) is 39.4 Å². The predicted molar refractivity (Wildman–Crippen MR) is 146 cm³/mol. The van der Waals surface area contributed by atoms with Crippen LogP contribution in [0.5, 0.6) is 0 Å². The normalized spacial score (nSPS) is 37.3. The molecule has 0 aromatic carbocycles. The topological polar surface area (TPSA) is 149 Å². The zero-order valence-electron chi connectivity index (χ0n) is 25.1. The van der Waals surface area contributed by atoms with Gasteiger partial charge in [0.25, 0.3) is 0 Å². The molecule has 4 aliphatic rings. The first-order valence-electron chi connectivity index (χ1n) is 14.3. The quantitative estimate of drug-likeness (QED) is 0.370. The van der Waals surface area contributed by atoms with E-state index < -0.39 is 69.0 Å². The first-order valence-corrected chi connectivity index (χ1v) is 14.3. The summed E-state index contributed by atoms with van der Waals surface area (Å²) in [5.74, 6) is -5.51. The molecule has 1 N–H and O–H groups in total. The Morgan fingerprint density at radius 1 is 0.976 bits per heavy atom. The number of carboxylic acid groups (broad SMARTS) is 1. The third-order valence-electron chi connectivity index (χ3n) is 11.1. The summed E-state index contributed by atoms with van der Waals surface area (Å²) in [7, 11) is 0. The Labute approximate surface area is 240 Å². The van der Waals surface area contributed by atoms with Crippen molar-refractivity contribution in [1.29, 1.82) is 0 Å². The largest absolute Gasteiger partial charge is 0.481 e. The Balaban J connectivity index is 1.94. The zero-order valence-corrected chi connectivity index (χ0v) is 25.1. The van der Waals surface area contributed by atoms with Gasteiger partial charge in [0, 0.05) is 60.0 Å². The fourth-order valence-electron chi connectivity index (χ4n) is 8.57. The molecule has 0 radical (unpaired) electrons. The minimum Gasteiger partial charge on any atom is -0.481 e. The number of rotatable bonds is 6. The third-order valence-corrected chi connectivity index (χ3v) is 11.1. The summed E-state index contributed by atoms with van der Waals surface area (Å²) in [5.41, 5.74) is -3.82. The van der Waals surface area contributed by atoms with Crippen LogP contribution in [0.4, 0.5) is 0 Å². The average molecular weight is 569 g/mol. The first kappa shape index (κ1) is 30.7. The number of carbonyl (C=O) groups is 7. The number of carboxylic acids is 1. The third kappa shape index (κ3) is 4.13. The molecular formula is C32H40O9. The van der Waals surface area contributed by atoms with E-state index in [1.807, 2.05) is 6.92 Å². The molecule has 9 nitrogen and oxygen atoms in total. The molecule has 2 unspecified atom stereocenters. The Hall–Kier alpha value is -3.23. The van der Waals surface area contributed by atoms with E-state index in [-0.39, 0.29) is 54.2 Å². The maximum atomic E-state index is 14.6. The van der Waals surface area contributed by atoms with E-state index in [0.717, 1.165) is 0 Å². The molecule has 7 atom stereocenters. The fourth-order valence-corrected chi connectivity index (χ4v) is 8.57. The van der Waals surface area contributed by atoms with E-state index in [9.17, 15) is 38.7 Å². The van der Waals surface area contributed by atoms with E-state index in [2.05, 4.69) is 0 Å². The smallest absolute Gasteiger partial charge is 0.306 e. The van der Waals surface area contributed by atoms with Crippen molar-refractivity contribution in [2.45, 2.75) is 93.6 Å². The van der Waals surface area contributed by atoms with Gasteiger partial charge in [0.15, 0.2) is 17.7 Å². The number of esters is 1. The van der Waals surface area contributed by atoms with E-state index in [1.54, 1.807) is 34.6 Å². The van der Waals surface area contributed by atoms with Gasteiger partial charge in [-0.1, -0.05) is 40.2 Å². The highest BCUT2D eigenvalue weighted by atomic mass is 16.5. The molecule has 0 spiro atoms. The zero-order chi connectivity index (χ0) is 31.0. The standard InChI is InChI=1S/C32H40O9/c1-15(11-18(34)12-16(2)28(39)40)19-13-23(37)32(8)24-20(35)14-21-29(4,5)22(36)9-10-30(21,6)25(24)26(38)27(31(19,32)7)41-17(3)33/h11,16,19,21,27H,9-10,12-14H2,1-8H3,(H,39,40)/b15-11+/t16?,19-,21+,27?,30+,31+,32+/m1/s1. The summed E-state index contributed by atoms with van der Waals surface area (Å²) in [5, 5.41) is 9.21. The Morgan fingerprint density at radius 3 is 2.15 bits per heavy atom. The van der Waals surface area contributed by atoms with Crippen LogP contribution in [0.3, 0.4) is 0 Å². The molecule has 0 amide bonds. The molecule has 41 heavy (non-hydrogen) atoms. The lowest BCUT2D eigenvalue weighted by atomic mass is 9.42. The molecule has 2 saturated carbocycles. The van der Waals surface area contributed by atoms with Gasteiger partial charge in [-0.15, -0.1) is 0 Å². The van der Waals surface area contributed by atoms with Gasteiger partial charge in [-0.2, -0.15) is 0 Å². The van der Waals surface area contributed by atoms with Crippen LogP contribution in [0.25, 0.3) is 0 Å². The van der Waals surface area contributed by atoms with Crippen molar-refractivity contribution in [3.63, 3.8) is 0 Å². The SMILES string of the molecule is CC(=O)OC1C(=O)C2=C(C(=O)C[C@H]3C(C)(C)C(=O)CC[C@]23C)[C@]2(C)C(=O)C[C@H](/C(C)=C/C(=O)CC(C)C(=O)O)[C@@]12C. The van der Waals surface area contributed by atoms with Gasteiger partial charge in [0.1, 0.15) is 11.6 Å². The summed E-state index contributed by atoms with van der Waals surface area (Å²) in [6, 6.07) is 0. The summed E-state index contributed by atoms with van der Waals surface area (Å²) >= 11 is 0. The molecular weight excluding hydrogens is 528 g/mol. The number of Topliss-reactive ketones (excluding diaryl/α,β-unsaturated/α-hetero) is 4. The maximum Gasteiger partial charge on any atom is 0.306 e. The van der Waals surface area contributed by atoms with Crippen molar-refractivity contribution in [3.05, 3.63) is 22.8 Å². The lowest BCUT2D eigenvalue weighted by molar-refractivity contribution is -0.172. The van der Waals surface area contributed by atoms with Gasteiger partial charge in [0.2, 0.25) is 5.78 Å². The molecule has 4 rings (SSSR count). The Morgan fingerprint density at radius 2 is 1.59 bits per heavy atom. The number of allylic oxidation sites excluding steroid dienone is 3. The number of fused-ring (bicyclic) bond motifs is 4. The highest BCUT2D eigenvalue weighted by Gasteiger charge is 2.74. The summed E-state index contributed by atoms with van der Waals surface area (Å²) in [6.45, 7) is 13.1. The highest BCUT2D eigenvalue weighted by Crippen LogP contribution is 2.70. The highest BCUT2D eigenvalue weighted by molar-refractivity contribution is 6.18. The van der Waals surface area contributed by atoms with Gasteiger partial charge in [-0.3, -0.25) is 33.6 Å². The number of hydrogen-bond donors (Lipinski definition) is 1. The number of aliphatic carboxylic acids is 1. The second-order valence-corrected chi connectivity index (χ2v) is 13.7. The van der Waals surface area contributed by atoms with Crippen LogP contribution in [0.1, 0.15) is 87.5 Å². The second kappa shape index (κ2) is 9.66. The first-order chi connectivity index (χ1) is 18.8. The van der Waals surface area contributed by atoms with Crippen LogP contribution >= 0.6 is 0 Å². The van der Waals surface area contributed by atoms with E-state index >= 15 is 0 Å². The van der Waals surface area contributed by atoms with E-state index in [1.165, 1.54) is 19.9 Å². The monoisotopic (exact) mass is 568 g/mol. The van der Waals surface area contributed by atoms with E-state index in [4.69, 9.17) is 4.74 Å². The van der Waals surface area contributed by atoms with Gasteiger partial charge < -0.3 is 9.84 Å². The van der Waals surface area contributed by atoms with Crippen LogP contribution < -0.4 is 0 Å². The second-order valence-electron chi connectivity index (χ2n) is 13.7. The Bertz CT molecular complexity index is 1360. The minimum absolute atomic E-state index is 0.0174. The van der Waals surface area contributed by atoms with Gasteiger partial charge in [-0.05, 0) is 38.2 Å². The molecule has 0 aliphatic heterocycles. The maximum absolute atomic E-state index is 14.6. The fraction of sp³-hybridized carbons (Fsp3) is 0.656. The lowest BCUT2D eigenvalue weighted by Crippen LogP contribution is -2.64. The van der Waals surface area contributed by atoms with Gasteiger partial charge >= 0.3 is 11.9 Å².